The van der Waals surface area contributed by atoms with Crippen molar-refractivity contribution in [2.24, 2.45) is 4.99 Å². The minimum absolute atomic E-state index is 0.438. The quantitative estimate of drug-likeness (QED) is 0.680. The van der Waals surface area contributed by atoms with Crippen LogP contribution in [0.15, 0.2) is 40.7 Å². The van der Waals surface area contributed by atoms with Gasteiger partial charge in [-0.25, -0.2) is 4.98 Å². The van der Waals surface area contributed by atoms with Gasteiger partial charge in [0.25, 0.3) is 0 Å². The molecule has 2 aromatic rings. The van der Waals surface area contributed by atoms with E-state index in [-0.39, 0.29) is 0 Å². The summed E-state index contributed by atoms with van der Waals surface area (Å²) in [5.74, 6) is 1.33. The summed E-state index contributed by atoms with van der Waals surface area (Å²) >= 11 is 1.68. The SMILES string of the molecule is CN=C(NCC(C)c1ccccc1)N(C)Cc1csc(C)n1. The summed E-state index contributed by atoms with van der Waals surface area (Å²) < 4.78 is 0. The average Bonchev–Trinajstić information content (AvgIpc) is 2.93. The largest absolute Gasteiger partial charge is 0.356 e. The first-order valence-electron chi connectivity index (χ1n) is 7.48. The molecule has 0 aliphatic rings. The van der Waals surface area contributed by atoms with Gasteiger partial charge in [0.15, 0.2) is 5.96 Å². The molecule has 1 N–H and O–H groups in total. The van der Waals surface area contributed by atoms with Crippen LogP contribution in [0.5, 0.6) is 0 Å². The van der Waals surface area contributed by atoms with Crippen LogP contribution in [0.2, 0.25) is 0 Å². The molecule has 1 unspecified atom stereocenters. The Morgan fingerprint density at radius 2 is 2.09 bits per heavy atom. The molecule has 22 heavy (non-hydrogen) atoms. The number of aryl methyl sites for hydroxylation is 1. The minimum atomic E-state index is 0.438. The molecule has 1 aromatic carbocycles. The van der Waals surface area contributed by atoms with Gasteiger partial charge in [-0.1, -0.05) is 37.3 Å². The summed E-state index contributed by atoms with van der Waals surface area (Å²) in [6.07, 6.45) is 0. The highest BCUT2D eigenvalue weighted by Gasteiger charge is 2.11. The van der Waals surface area contributed by atoms with Crippen molar-refractivity contribution in [3.8, 4) is 0 Å². The summed E-state index contributed by atoms with van der Waals surface area (Å²) in [7, 11) is 3.86. The Morgan fingerprint density at radius 1 is 1.36 bits per heavy atom. The van der Waals surface area contributed by atoms with Crippen molar-refractivity contribution in [2.75, 3.05) is 20.6 Å². The molecule has 0 radical (unpaired) electrons. The van der Waals surface area contributed by atoms with E-state index in [4.69, 9.17) is 0 Å². The zero-order chi connectivity index (χ0) is 15.9. The summed E-state index contributed by atoms with van der Waals surface area (Å²) in [4.78, 5) is 11.0. The Balaban J connectivity index is 1.89. The predicted molar refractivity (Wildman–Crippen MR) is 94.5 cm³/mol. The van der Waals surface area contributed by atoms with E-state index in [1.165, 1.54) is 5.56 Å². The zero-order valence-electron chi connectivity index (χ0n) is 13.7. The Morgan fingerprint density at radius 3 is 2.68 bits per heavy atom. The molecule has 0 saturated heterocycles. The van der Waals surface area contributed by atoms with E-state index >= 15 is 0 Å². The van der Waals surface area contributed by atoms with E-state index in [0.29, 0.717) is 5.92 Å². The van der Waals surface area contributed by atoms with Crippen LogP contribution < -0.4 is 5.32 Å². The summed E-state index contributed by atoms with van der Waals surface area (Å²) in [5.41, 5.74) is 2.42. The van der Waals surface area contributed by atoms with Crippen molar-refractivity contribution in [3.63, 3.8) is 0 Å². The van der Waals surface area contributed by atoms with E-state index in [9.17, 15) is 0 Å². The third-order valence-electron chi connectivity index (χ3n) is 3.57. The number of nitrogens with zero attached hydrogens (tertiary/aromatic N) is 3. The Bertz CT molecular complexity index is 606. The van der Waals surface area contributed by atoms with Gasteiger partial charge in [-0.05, 0) is 18.4 Å². The molecule has 4 nitrogen and oxygen atoms in total. The third-order valence-corrected chi connectivity index (χ3v) is 4.40. The topological polar surface area (TPSA) is 40.5 Å². The van der Waals surface area contributed by atoms with Crippen LogP contribution in [0.4, 0.5) is 0 Å². The predicted octanol–water partition coefficient (Wildman–Crippen LogP) is 3.26. The Labute approximate surface area is 136 Å². The third kappa shape index (κ3) is 4.56. The molecule has 118 valence electrons. The van der Waals surface area contributed by atoms with Gasteiger partial charge >= 0.3 is 0 Å². The standard InChI is InChI=1S/C17H24N4S/c1-13(15-8-6-5-7-9-15)10-19-17(18-3)21(4)11-16-12-22-14(2)20-16/h5-9,12-13H,10-11H2,1-4H3,(H,18,19). The number of thiazole rings is 1. The highest BCUT2D eigenvalue weighted by molar-refractivity contribution is 7.09. The maximum Gasteiger partial charge on any atom is 0.193 e. The maximum atomic E-state index is 4.50. The van der Waals surface area contributed by atoms with Gasteiger partial charge in [-0.2, -0.15) is 0 Å². The number of hydrogen-bond acceptors (Lipinski definition) is 3. The molecule has 0 amide bonds. The second kappa shape index (κ2) is 7.94. The van der Waals surface area contributed by atoms with E-state index in [1.54, 1.807) is 11.3 Å². The highest BCUT2D eigenvalue weighted by atomic mass is 32.1. The van der Waals surface area contributed by atoms with E-state index < -0.39 is 0 Å². The fourth-order valence-corrected chi connectivity index (χ4v) is 2.93. The number of aromatic nitrogens is 1. The molecule has 0 aliphatic carbocycles. The molecular weight excluding hydrogens is 292 g/mol. The van der Waals surface area contributed by atoms with Crippen LogP contribution in [0.3, 0.4) is 0 Å². The van der Waals surface area contributed by atoms with Crippen LogP contribution in [-0.2, 0) is 6.54 Å². The van der Waals surface area contributed by atoms with Crippen LogP contribution in [0, 0.1) is 6.92 Å². The molecular formula is C17H24N4S. The lowest BCUT2D eigenvalue weighted by atomic mass is 10.0. The van der Waals surface area contributed by atoms with Crippen molar-refractivity contribution in [3.05, 3.63) is 52.0 Å². The Hall–Kier alpha value is -1.88. The second-order valence-corrected chi connectivity index (χ2v) is 6.52. The first-order chi connectivity index (χ1) is 10.6. The monoisotopic (exact) mass is 316 g/mol. The molecule has 1 atom stereocenters. The normalized spacial score (nSPS) is 13.0. The first-order valence-corrected chi connectivity index (χ1v) is 8.36. The van der Waals surface area contributed by atoms with Crippen molar-refractivity contribution in [1.29, 1.82) is 0 Å². The van der Waals surface area contributed by atoms with Gasteiger partial charge in [-0.3, -0.25) is 4.99 Å². The van der Waals surface area contributed by atoms with Gasteiger partial charge in [0.05, 0.1) is 17.2 Å². The van der Waals surface area contributed by atoms with Gasteiger partial charge < -0.3 is 10.2 Å². The van der Waals surface area contributed by atoms with E-state index in [0.717, 1.165) is 29.8 Å². The van der Waals surface area contributed by atoms with Gasteiger partial charge in [-0.15, -0.1) is 11.3 Å². The molecule has 2 rings (SSSR count). The van der Waals surface area contributed by atoms with Crippen molar-refractivity contribution < 1.29 is 0 Å². The number of rotatable bonds is 5. The van der Waals surface area contributed by atoms with Crippen LogP contribution in [0.25, 0.3) is 0 Å². The summed E-state index contributed by atoms with van der Waals surface area (Å²) in [5, 5.41) is 6.65. The van der Waals surface area contributed by atoms with Crippen molar-refractivity contribution in [2.45, 2.75) is 26.3 Å². The minimum Gasteiger partial charge on any atom is -0.356 e. The molecule has 5 heteroatoms. The fourth-order valence-electron chi connectivity index (χ4n) is 2.33. The Kier molecular flexibility index (Phi) is 5.95. The smallest absolute Gasteiger partial charge is 0.193 e. The van der Waals surface area contributed by atoms with Gasteiger partial charge in [0, 0.05) is 26.0 Å². The van der Waals surface area contributed by atoms with Crippen LogP contribution >= 0.6 is 11.3 Å². The lowest BCUT2D eigenvalue weighted by molar-refractivity contribution is 0.468. The van der Waals surface area contributed by atoms with E-state index in [2.05, 4.69) is 56.8 Å². The average molecular weight is 316 g/mol. The van der Waals surface area contributed by atoms with E-state index in [1.807, 2.05) is 27.1 Å². The molecule has 1 aromatic heterocycles. The molecule has 0 saturated carbocycles. The number of guanidine groups is 1. The summed E-state index contributed by atoms with van der Waals surface area (Å²) in [6, 6.07) is 10.5. The van der Waals surface area contributed by atoms with Gasteiger partial charge in [0.1, 0.15) is 0 Å². The first kappa shape index (κ1) is 16.5. The fraction of sp³-hybridized carbons (Fsp3) is 0.412. The summed E-state index contributed by atoms with van der Waals surface area (Å²) in [6.45, 7) is 5.88. The number of aliphatic imine (C=N–C) groups is 1. The highest BCUT2D eigenvalue weighted by Crippen LogP contribution is 2.13. The van der Waals surface area contributed by atoms with Crippen LogP contribution in [-0.4, -0.2) is 36.5 Å². The van der Waals surface area contributed by atoms with Crippen LogP contribution in [0.1, 0.15) is 29.1 Å². The molecule has 0 bridgehead atoms. The molecule has 1 heterocycles. The molecule has 0 aliphatic heterocycles. The molecule has 0 spiro atoms. The number of hydrogen-bond donors (Lipinski definition) is 1. The lowest BCUT2D eigenvalue weighted by Crippen LogP contribution is -2.40. The second-order valence-electron chi connectivity index (χ2n) is 5.45. The number of nitrogens with one attached hydrogen (secondary N) is 1. The van der Waals surface area contributed by atoms with Crippen molar-refractivity contribution in [1.82, 2.24) is 15.2 Å². The van der Waals surface area contributed by atoms with Gasteiger partial charge in [0.2, 0.25) is 0 Å². The van der Waals surface area contributed by atoms with Crippen molar-refractivity contribution >= 4 is 17.3 Å². The number of benzene rings is 1. The molecule has 0 fully saturated rings. The maximum absolute atomic E-state index is 4.50. The zero-order valence-corrected chi connectivity index (χ0v) is 14.5. The lowest BCUT2D eigenvalue weighted by Gasteiger charge is -2.23.